The molecule has 0 bridgehead atoms. The van der Waals surface area contributed by atoms with Crippen molar-refractivity contribution in [2.75, 3.05) is 13.1 Å². The molecule has 2 heterocycles. The molecule has 1 aliphatic heterocycles. The van der Waals surface area contributed by atoms with Gasteiger partial charge in [-0.15, -0.1) is 11.3 Å². The van der Waals surface area contributed by atoms with Crippen LogP contribution < -0.4 is 0 Å². The topological polar surface area (TPSA) is 53.4 Å². The monoisotopic (exact) mass is 288 g/mol. The van der Waals surface area contributed by atoms with Gasteiger partial charge in [-0.3, -0.25) is 9.69 Å². The van der Waals surface area contributed by atoms with Gasteiger partial charge in [-0.1, -0.05) is 30.3 Å². The Balaban J connectivity index is 1.72. The van der Waals surface area contributed by atoms with Crippen LogP contribution in [0.1, 0.15) is 21.1 Å². The molecule has 0 saturated heterocycles. The van der Waals surface area contributed by atoms with Crippen LogP contribution in [0, 0.1) is 0 Å². The highest BCUT2D eigenvalue weighted by Gasteiger charge is 2.21. The summed E-state index contributed by atoms with van der Waals surface area (Å²) in [7, 11) is 0. The molecule has 1 N–H and O–H groups in total. The summed E-state index contributed by atoms with van der Waals surface area (Å²) in [5, 5.41) is 9.98. The number of benzene rings is 1. The number of rotatable bonds is 4. The lowest BCUT2D eigenvalue weighted by atomic mass is 10.1. The van der Waals surface area contributed by atoms with Crippen LogP contribution in [0.25, 0.3) is 0 Å². The molecule has 1 aliphatic rings. The van der Waals surface area contributed by atoms with E-state index < -0.39 is 5.97 Å². The Morgan fingerprint density at radius 3 is 2.90 bits per heavy atom. The molecule has 104 valence electrons. The number of nitrogens with zero attached hydrogens (tertiary/aromatic N) is 2. The molecule has 3 rings (SSSR count). The number of carbonyl (C=O) groups is 1. The lowest BCUT2D eigenvalue weighted by Gasteiger charge is -2.23. The number of carboxylic acid groups (broad SMARTS) is 1. The summed E-state index contributed by atoms with van der Waals surface area (Å²) in [6.07, 6.45) is 1.71. The van der Waals surface area contributed by atoms with Gasteiger partial charge in [-0.2, -0.15) is 0 Å². The first-order valence-electron chi connectivity index (χ1n) is 6.66. The van der Waals surface area contributed by atoms with E-state index in [1.807, 2.05) is 23.1 Å². The van der Waals surface area contributed by atoms with Crippen LogP contribution >= 0.6 is 11.3 Å². The lowest BCUT2D eigenvalue weighted by Crippen LogP contribution is -2.34. The molecular weight excluding hydrogens is 272 g/mol. The van der Waals surface area contributed by atoms with Crippen molar-refractivity contribution in [1.29, 1.82) is 0 Å². The van der Waals surface area contributed by atoms with E-state index in [9.17, 15) is 4.79 Å². The van der Waals surface area contributed by atoms with Crippen molar-refractivity contribution in [2.45, 2.75) is 19.4 Å². The minimum Gasteiger partial charge on any atom is -0.480 e. The smallest absolute Gasteiger partial charge is 0.317 e. The number of hydrogen-bond acceptors (Lipinski definition) is 4. The average molecular weight is 288 g/mol. The summed E-state index contributed by atoms with van der Waals surface area (Å²) in [4.78, 5) is 18.7. The second kappa shape index (κ2) is 5.73. The molecule has 0 saturated carbocycles. The predicted molar refractivity (Wildman–Crippen MR) is 78.0 cm³/mol. The van der Waals surface area contributed by atoms with Gasteiger partial charge in [0.15, 0.2) is 0 Å². The van der Waals surface area contributed by atoms with Gasteiger partial charge in [0.2, 0.25) is 0 Å². The number of aliphatic carboxylic acids is 1. The second-order valence-electron chi connectivity index (χ2n) is 4.99. The van der Waals surface area contributed by atoms with E-state index in [1.54, 1.807) is 11.3 Å². The van der Waals surface area contributed by atoms with E-state index in [2.05, 4.69) is 12.1 Å². The summed E-state index contributed by atoms with van der Waals surface area (Å²) in [5.41, 5.74) is 2.42. The van der Waals surface area contributed by atoms with Crippen LogP contribution in [-0.2, 0) is 24.2 Å². The average Bonchev–Trinajstić information content (AvgIpc) is 2.80. The van der Waals surface area contributed by atoms with Crippen molar-refractivity contribution < 1.29 is 9.90 Å². The van der Waals surface area contributed by atoms with Crippen molar-refractivity contribution in [3.05, 3.63) is 51.5 Å². The molecule has 2 aromatic rings. The summed E-state index contributed by atoms with van der Waals surface area (Å²) in [6, 6.07) is 10.3. The molecule has 0 unspecified atom stereocenters. The van der Waals surface area contributed by atoms with Crippen molar-refractivity contribution in [3.63, 3.8) is 0 Å². The highest BCUT2D eigenvalue weighted by Crippen LogP contribution is 2.26. The van der Waals surface area contributed by atoms with Gasteiger partial charge in [-0.05, 0) is 5.56 Å². The molecule has 0 aliphatic carbocycles. The number of carboxylic acids is 1. The first-order valence-corrected chi connectivity index (χ1v) is 7.48. The fraction of sp³-hybridized carbons (Fsp3) is 0.333. The molecule has 1 aromatic heterocycles. The largest absolute Gasteiger partial charge is 0.480 e. The lowest BCUT2D eigenvalue weighted by molar-refractivity contribution is -0.138. The Bertz CT molecular complexity index is 610. The maximum absolute atomic E-state index is 10.8. The highest BCUT2D eigenvalue weighted by molar-refractivity contribution is 7.11. The summed E-state index contributed by atoms with van der Waals surface area (Å²) < 4.78 is 0. The molecule has 20 heavy (non-hydrogen) atoms. The third kappa shape index (κ3) is 3.05. The van der Waals surface area contributed by atoms with Crippen molar-refractivity contribution >= 4 is 17.3 Å². The Labute approximate surface area is 121 Å². The Hall–Kier alpha value is -1.72. The Kier molecular flexibility index (Phi) is 3.80. The van der Waals surface area contributed by atoms with Gasteiger partial charge < -0.3 is 5.11 Å². The minimum absolute atomic E-state index is 0.116. The van der Waals surface area contributed by atoms with Crippen molar-refractivity contribution in [1.82, 2.24) is 9.88 Å². The zero-order valence-corrected chi connectivity index (χ0v) is 11.9. The maximum atomic E-state index is 10.8. The second-order valence-corrected chi connectivity index (χ2v) is 6.16. The number of aromatic nitrogens is 1. The molecule has 0 radical (unpaired) electrons. The normalized spacial score (nSPS) is 15.0. The fourth-order valence-electron chi connectivity index (χ4n) is 2.47. The summed E-state index contributed by atoms with van der Waals surface area (Å²) >= 11 is 1.72. The maximum Gasteiger partial charge on any atom is 0.317 e. The van der Waals surface area contributed by atoms with Crippen LogP contribution in [0.4, 0.5) is 0 Å². The van der Waals surface area contributed by atoms with Gasteiger partial charge in [0.1, 0.15) is 0 Å². The Morgan fingerprint density at radius 1 is 1.35 bits per heavy atom. The van der Waals surface area contributed by atoms with E-state index in [0.29, 0.717) is 6.54 Å². The van der Waals surface area contributed by atoms with Crippen LogP contribution in [0.3, 0.4) is 0 Å². The zero-order chi connectivity index (χ0) is 13.9. The van der Waals surface area contributed by atoms with Crippen LogP contribution in [-0.4, -0.2) is 34.0 Å². The van der Waals surface area contributed by atoms with Gasteiger partial charge in [0, 0.05) is 30.8 Å². The fourth-order valence-corrected chi connectivity index (χ4v) is 3.67. The number of thiazole rings is 1. The molecule has 0 fully saturated rings. The molecule has 5 heteroatoms. The summed E-state index contributed by atoms with van der Waals surface area (Å²) in [6.45, 7) is 1.62. The van der Waals surface area contributed by atoms with Crippen LogP contribution in [0.15, 0.2) is 30.3 Å². The van der Waals surface area contributed by atoms with Gasteiger partial charge in [0.05, 0.1) is 17.2 Å². The quantitative estimate of drug-likeness (QED) is 0.937. The van der Waals surface area contributed by atoms with E-state index >= 15 is 0 Å². The van der Waals surface area contributed by atoms with E-state index in [0.717, 1.165) is 30.1 Å². The first-order chi connectivity index (χ1) is 9.70. The number of fused-ring (bicyclic) bond motifs is 1. The van der Waals surface area contributed by atoms with Gasteiger partial charge in [0.25, 0.3) is 0 Å². The zero-order valence-electron chi connectivity index (χ0n) is 11.1. The number of hydrogen-bond donors (Lipinski definition) is 1. The van der Waals surface area contributed by atoms with Gasteiger partial charge >= 0.3 is 5.97 Å². The molecule has 0 atom stereocenters. The third-order valence-electron chi connectivity index (χ3n) is 3.41. The Morgan fingerprint density at radius 2 is 2.15 bits per heavy atom. The van der Waals surface area contributed by atoms with E-state index in [1.165, 1.54) is 10.4 Å². The van der Waals surface area contributed by atoms with E-state index in [-0.39, 0.29) is 6.54 Å². The van der Waals surface area contributed by atoms with Crippen molar-refractivity contribution in [3.8, 4) is 0 Å². The van der Waals surface area contributed by atoms with E-state index in [4.69, 9.17) is 10.1 Å². The summed E-state index contributed by atoms with van der Waals surface area (Å²) in [5.74, 6) is -0.762. The predicted octanol–water partition coefficient (Wildman–Crippen LogP) is 2.18. The van der Waals surface area contributed by atoms with Crippen molar-refractivity contribution in [2.24, 2.45) is 0 Å². The van der Waals surface area contributed by atoms with Crippen LogP contribution in [0.5, 0.6) is 0 Å². The minimum atomic E-state index is -0.762. The van der Waals surface area contributed by atoms with Gasteiger partial charge in [-0.25, -0.2) is 4.98 Å². The molecular formula is C15H16N2O2S. The van der Waals surface area contributed by atoms with Crippen LogP contribution in [0.2, 0.25) is 0 Å². The SMILES string of the molecule is O=C(O)CN1CCc2nc(Cc3ccccc3)sc2C1. The third-order valence-corrected chi connectivity index (χ3v) is 4.49. The molecule has 1 aromatic carbocycles. The highest BCUT2D eigenvalue weighted by atomic mass is 32.1. The first kappa shape index (κ1) is 13.3. The molecule has 4 nitrogen and oxygen atoms in total. The molecule has 0 amide bonds. The standard InChI is InChI=1S/C15H16N2O2S/c18-15(19)10-17-7-6-12-13(9-17)20-14(16-12)8-11-4-2-1-3-5-11/h1-5H,6-10H2,(H,18,19). The molecule has 0 spiro atoms.